The molecule has 3 aromatic heterocycles. The average molecular weight is 356 g/mol. The lowest BCUT2D eigenvalue weighted by atomic mass is 10.1. The molecule has 0 atom stereocenters. The van der Waals surface area contributed by atoms with E-state index in [1.165, 1.54) is 12.6 Å². The molecule has 0 saturated carbocycles. The minimum absolute atomic E-state index is 0.0258. The lowest BCUT2D eigenvalue weighted by molar-refractivity contribution is 0.102. The van der Waals surface area contributed by atoms with Crippen molar-refractivity contribution in [1.29, 1.82) is 0 Å². The Morgan fingerprint density at radius 3 is 2.73 bits per heavy atom. The number of nitrogens with one attached hydrogen (secondary N) is 1. The zero-order valence-corrected chi connectivity index (χ0v) is 13.9. The summed E-state index contributed by atoms with van der Waals surface area (Å²) in [6.07, 6.45) is 8.63. The summed E-state index contributed by atoms with van der Waals surface area (Å²) >= 11 is 0. The van der Waals surface area contributed by atoms with Crippen molar-refractivity contribution in [3.05, 3.63) is 36.2 Å². The number of rotatable bonds is 3. The van der Waals surface area contributed by atoms with E-state index in [4.69, 9.17) is 5.73 Å². The summed E-state index contributed by atoms with van der Waals surface area (Å²) in [7, 11) is 0. The van der Waals surface area contributed by atoms with Crippen molar-refractivity contribution in [3.63, 3.8) is 0 Å². The summed E-state index contributed by atoms with van der Waals surface area (Å²) in [5, 5.41) is 14.5. The van der Waals surface area contributed by atoms with E-state index in [1.807, 2.05) is 0 Å². The highest BCUT2D eigenvalue weighted by atomic mass is 19.1. The number of nitrogens with two attached hydrogens (primary N) is 1. The van der Waals surface area contributed by atoms with E-state index >= 15 is 0 Å². The van der Waals surface area contributed by atoms with Gasteiger partial charge in [0.25, 0.3) is 5.91 Å². The molecule has 26 heavy (non-hydrogen) atoms. The van der Waals surface area contributed by atoms with Crippen LogP contribution >= 0.6 is 0 Å². The zero-order valence-electron chi connectivity index (χ0n) is 13.9. The summed E-state index contributed by atoms with van der Waals surface area (Å²) in [6.45, 7) is 1.79. The van der Waals surface area contributed by atoms with Crippen LogP contribution in [0.2, 0.25) is 0 Å². The molecular weight excluding hydrogens is 339 g/mol. The fourth-order valence-electron chi connectivity index (χ4n) is 3.13. The molecular formula is C16H17FN8O. The summed E-state index contributed by atoms with van der Waals surface area (Å²) < 4.78 is 14.4. The van der Waals surface area contributed by atoms with Gasteiger partial charge >= 0.3 is 0 Å². The fourth-order valence-corrected chi connectivity index (χ4v) is 3.13. The number of hydrogen-bond acceptors (Lipinski definition) is 7. The van der Waals surface area contributed by atoms with Gasteiger partial charge in [0.15, 0.2) is 17.3 Å². The van der Waals surface area contributed by atoms with E-state index in [0.717, 1.165) is 48.5 Å². The van der Waals surface area contributed by atoms with Gasteiger partial charge in [-0.25, -0.2) is 13.9 Å². The standard InChI is InChI=1S/C16H17FN8O/c17-10-6-19-15-13(14(18)23-25(15)9-10)16(26)22-11-7-20-21-8-12(11)24-4-2-1-3-5-24/h6-9H,1-5H2,(H2,18,23)(H,21,22,26). The number of anilines is 3. The molecule has 1 saturated heterocycles. The highest BCUT2D eigenvalue weighted by Gasteiger charge is 2.22. The molecule has 0 unspecified atom stereocenters. The number of piperidine rings is 1. The number of amides is 1. The number of carbonyl (C=O) groups excluding carboxylic acids is 1. The predicted molar refractivity (Wildman–Crippen MR) is 93.4 cm³/mol. The quantitative estimate of drug-likeness (QED) is 0.730. The van der Waals surface area contributed by atoms with Crippen LogP contribution < -0.4 is 16.0 Å². The van der Waals surface area contributed by atoms with Crippen LogP contribution in [0, 0.1) is 5.82 Å². The van der Waals surface area contributed by atoms with Crippen LogP contribution in [-0.4, -0.2) is 43.8 Å². The lowest BCUT2D eigenvalue weighted by Crippen LogP contribution is -2.30. The monoisotopic (exact) mass is 356 g/mol. The highest BCUT2D eigenvalue weighted by molar-refractivity contribution is 6.12. The Morgan fingerprint density at radius 1 is 1.15 bits per heavy atom. The van der Waals surface area contributed by atoms with Crippen molar-refractivity contribution < 1.29 is 9.18 Å². The number of fused-ring (bicyclic) bond motifs is 1. The molecule has 1 aliphatic heterocycles. The molecule has 134 valence electrons. The number of nitrogens with zero attached hydrogens (tertiary/aromatic N) is 6. The fraction of sp³-hybridized carbons (Fsp3) is 0.312. The number of aromatic nitrogens is 5. The Hall–Kier alpha value is -3.30. The van der Waals surface area contributed by atoms with Crippen LogP contribution in [0.15, 0.2) is 24.8 Å². The van der Waals surface area contributed by atoms with Gasteiger partial charge in [0.05, 0.1) is 36.2 Å². The number of halogens is 1. The third kappa shape index (κ3) is 2.89. The molecule has 0 aromatic carbocycles. The molecule has 0 aliphatic carbocycles. The summed E-state index contributed by atoms with van der Waals surface area (Å²) in [5.41, 5.74) is 7.46. The van der Waals surface area contributed by atoms with Crippen LogP contribution in [-0.2, 0) is 0 Å². The lowest BCUT2D eigenvalue weighted by Gasteiger charge is -2.29. The molecule has 0 bridgehead atoms. The molecule has 9 nitrogen and oxygen atoms in total. The van der Waals surface area contributed by atoms with Crippen molar-refractivity contribution in [1.82, 2.24) is 24.8 Å². The Morgan fingerprint density at radius 2 is 1.92 bits per heavy atom. The summed E-state index contributed by atoms with van der Waals surface area (Å²) in [5.74, 6) is -1.08. The molecule has 0 radical (unpaired) electrons. The van der Waals surface area contributed by atoms with Gasteiger partial charge in [-0.1, -0.05) is 0 Å². The molecule has 1 fully saturated rings. The first-order valence-corrected chi connectivity index (χ1v) is 8.30. The number of hydrogen-bond donors (Lipinski definition) is 2. The predicted octanol–water partition coefficient (Wildman–Crippen LogP) is 1.48. The van der Waals surface area contributed by atoms with Gasteiger partial charge in [0.1, 0.15) is 5.56 Å². The maximum atomic E-state index is 13.3. The molecule has 3 N–H and O–H groups in total. The minimum Gasteiger partial charge on any atom is -0.381 e. The van der Waals surface area contributed by atoms with Crippen LogP contribution in [0.4, 0.5) is 21.6 Å². The Balaban J connectivity index is 1.66. The van der Waals surface area contributed by atoms with Gasteiger partial charge in [-0.15, -0.1) is 5.10 Å². The second-order valence-electron chi connectivity index (χ2n) is 6.09. The molecule has 4 heterocycles. The molecule has 4 rings (SSSR count). The van der Waals surface area contributed by atoms with Crippen molar-refractivity contribution in [2.45, 2.75) is 19.3 Å². The maximum absolute atomic E-state index is 13.3. The minimum atomic E-state index is -0.572. The van der Waals surface area contributed by atoms with Crippen molar-refractivity contribution >= 4 is 28.7 Å². The Bertz CT molecular complexity index is 966. The third-order valence-electron chi connectivity index (χ3n) is 4.35. The van der Waals surface area contributed by atoms with E-state index in [2.05, 4.69) is 30.5 Å². The van der Waals surface area contributed by atoms with Gasteiger partial charge in [-0.3, -0.25) is 4.79 Å². The molecule has 1 amide bonds. The van der Waals surface area contributed by atoms with Crippen LogP contribution in [0.25, 0.3) is 5.65 Å². The van der Waals surface area contributed by atoms with E-state index < -0.39 is 11.7 Å². The topological polar surface area (TPSA) is 114 Å². The number of nitrogen functional groups attached to an aromatic ring is 1. The van der Waals surface area contributed by atoms with E-state index in [1.54, 1.807) is 6.20 Å². The van der Waals surface area contributed by atoms with Gasteiger partial charge in [-0.2, -0.15) is 10.2 Å². The normalized spacial score (nSPS) is 14.6. The first kappa shape index (κ1) is 16.2. The SMILES string of the molecule is Nc1nn2cc(F)cnc2c1C(=O)Nc1cnncc1N1CCCCC1. The smallest absolute Gasteiger partial charge is 0.263 e. The largest absolute Gasteiger partial charge is 0.381 e. The van der Waals surface area contributed by atoms with Crippen LogP contribution in [0.5, 0.6) is 0 Å². The average Bonchev–Trinajstić information content (AvgIpc) is 2.97. The first-order chi connectivity index (χ1) is 12.6. The van der Waals surface area contributed by atoms with Crippen LogP contribution in [0.1, 0.15) is 29.6 Å². The molecule has 0 spiro atoms. The van der Waals surface area contributed by atoms with Gasteiger partial charge in [0.2, 0.25) is 0 Å². The van der Waals surface area contributed by atoms with Crippen LogP contribution in [0.3, 0.4) is 0 Å². The summed E-state index contributed by atoms with van der Waals surface area (Å²) in [6, 6.07) is 0. The van der Waals surface area contributed by atoms with E-state index in [9.17, 15) is 9.18 Å². The Kier molecular flexibility index (Phi) is 4.07. The second-order valence-corrected chi connectivity index (χ2v) is 6.09. The van der Waals surface area contributed by atoms with Gasteiger partial charge < -0.3 is 16.0 Å². The zero-order chi connectivity index (χ0) is 18.1. The molecule has 3 aromatic rings. The van der Waals surface area contributed by atoms with Crippen molar-refractivity contribution in [3.8, 4) is 0 Å². The van der Waals surface area contributed by atoms with E-state index in [-0.39, 0.29) is 17.0 Å². The molecule has 10 heteroatoms. The molecule has 1 aliphatic rings. The van der Waals surface area contributed by atoms with Gasteiger partial charge in [0, 0.05) is 13.1 Å². The maximum Gasteiger partial charge on any atom is 0.263 e. The third-order valence-corrected chi connectivity index (χ3v) is 4.35. The Labute approximate surface area is 148 Å². The van der Waals surface area contributed by atoms with E-state index in [0.29, 0.717) is 5.69 Å². The van der Waals surface area contributed by atoms with Crippen molar-refractivity contribution in [2.75, 3.05) is 29.0 Å². The van der Waals surface area contributed by atoms with Crippen molar-refractivity contribution in [2.24, 2.45) is 0 Å². The first-order valence-electron chi connectivity index (χ1n) is 8.30. The second kappa shape index (κ2) is 6.54. The number of carbonyl (C=O) groups is 1. The highest BCUT2D eigenvalue weighted by Crippen LogP contribution is 2.28. The summed E-state index contributed by atoms with van der Waals surface area (Å²) in [4.78, 5) is 18.9. The van der Waals surface area contributed by atoms with Gasteiger partial charge in [-0.05, 0) is 19.3 Å².